The first-order valence-corrected chi connectivity index (χ1v) is 21.7. The number of aryl methyl sites for hydroxylation is 4. The van der Waals surface area contributed by atoms with E-state index in [1.165, 1.54) is 46.8 Å². The van der Waals surface area contributed by atoms with Crippen LogP contribution in [-0.4, -0.2) is 42.4 Å². The van der Waals surface area contributed by atoms with E-state index in [1.807, 2.05) is 50.5 Å². The molecule has 2 aliphatic heterocycles. The Hall–Kier alpha value is -4.96. The normalized spacial score (nSPS) is 20.0. The molecule has 3 aliphatic rings. The predicted octanol–water partition coefficient (Wildman–Crippen LogP) is 10.4. The average Bonchev–Trinajstić information content (AvgIpc) is 3.53. The lowest BCUT2D eigenvalue weighted by molar-refractivity contribution is 0.270. The quantitative estimate of drug-likeness (QED) is 0.112. The molecule has 1 saturated heterocycles. The zero-order chi connectivity index (χ0) is 42.2. The molecular formula is C48H63ClN10. The van der Waals surface area contributed by atoms with Crippen molar-refractivity contribution in [2.24, 2.45) is 16.6 Å². The zero-order valence-corrected chi connectivity index (χ0v) is 37.6. The Labute approximate surface area is 355 Å². The van der Waals surface area contributed by atoms with Gasteiger partial charge in [-0.05, 0) is 129 Å². The largest absolute Gasteiger partial charge is 0.402 e. The van der Waals surface area contributed by atoms with E-state index >= 15 is 0 Å². The molecule has 3 atom stereocenters. The predicted molar refractivity (Wildman–Crippen MR) is 242 cm³/mol. The fourth-order valence-electron chi connectivity index (χ4n) is 9.04. The standard InChI is InChI=1S/C27H41N5.C21H22ClN5/c1-18(2)16-26(5,6)27(7)17-20(27)23-24-30-22(11-10-21(28)19(3)4)25(31-13-8-9-14-31)32(24)15-12-29-23;1-12-11-17(22)20-19(24-12)9-7-15(26-20)6-8-18-14(3)25-21(27-18)16-5-4-10-23-13(16)2/h12,15-16,20H,8-11,13-14,17,28H2,1-7H3;4-5,7,9-11,21,25,27H,6,8H2,1-3H3. The summed E-state index contributed by atoms with van der Waals surface area (Å²) in [4.78, 5) is 26.2. The molecule has 5 aromatic rings. The number of allylic oxidation sites excluding steroid dienone is 6. The molecule has 59 heavy (non-hydrogen) atoms. The summed E-state index contributed by atoms with van der Waals surface area (Å²) in [6.07, 6.45) is 15.5. The summed E-state index contributed by atoms with van der Waals surface area (Å²) in [5, 5.41) is 7.76. The van der Waals surface area contributed by atoms with Crippen molar-refractivity contribution in [3.05, 3.63) is 122 Å². The lowest BCUT2D eigenvalue weighted by Crippen LogP contribution is -2.24. The van der Waals surface area contributed by atoms with Crippen molar-refractivity contribution < 1.29 is 0 Å². The van der Waals surface area contributed by atoms with E-state index in [9.17, 15) is 0 Å². The number of hydrogen-bond donors (Lipinski definition) is 3. The summed E-state index contributed by atoms with van der Waals surface area (Å²) in [6.45, 7) is 24.0. The molecular weight excluding hydrogens is 752 g/mol. The maximum Gasteiger partial charge on any atom is 0.160 e. The topological polar surface area (TPSA) is 122 Å². The molecule has 312 valence electrons. The fraction of sp³-hybridized carbons (Fsp3) is 0.479. The van der Waals surface area contributed by atoms with E-state index in [4.69, 9.17) is 32.3 Å². The number of fused-ring (bicyclic) bond motifs is 2. The molecule has 4 N–H and O–H groups in total. The number of imidazole rings is 1. The average molecular weight is 816 g/mol. The van der Waals surface area contributed by atoms with Crippen molar-refractivity contribution in [2.75, 3.05) is 18.0 Å². The summed E-state index contributed by atoms with van der Waals surface area (Å²) >= 11 is 6.35. The van der Waals surface area contributed by atoms with Gasteiger partial charge in [-0.3, -0.25) is 19.4 Å². The fourth-order valence-corrected chi connectivity index (χ4v) is 9.33. The first kappa shape index (κ1) is 42.2. The first-order chi connectivity index (χ1) is 28.1. The van der Waals surface area contributed by atoms with E-state index in [-0.39, 0.29) is 17.0 Å². The van der Waals surface area contributed by atoms with Crippen LogP contribution in [0.5, 0.6) is 0 Å². The van der Waals surface area contributed by atoms with Crippen LogP contribution in [0.1, 0.15) is 134 Å². The van der Waals surface area contributed by atoms with Crippen molar-refractivity contribution in [3.8, 4) is 0 Å². The second kappa shape index (κ2) is 17.0. The van der Waals surface area contributed by atoms with Crippen LogP contribution < -0.4 is 21.3 Å². The van der Waals surface area contributed by atoms with Crippen molar-refractivity contribution in [1.82, 2.24) is 40.0 Å². The lowest BCUT2D eigenvalue weighted by Gasteiger charge is -2.31. The van der Waals surface area contributed by atoms with Gasteiger partial charge in [-0.25, -0.2) is 9.97 Å². The van der Waals surface area contributed by atoms with E-state index < -0.39 is 0 Å². The van der Waals surface area contributed by atoms with Gasteiger partial charge >= 0.3 is 0 Å². The number of nitrogens with two attached hydrogens (primary N) is 1. The molecule has 1 saturated carbocycles. The van der Waals surface area contributed by atoms with Gasteiger partial charge in [-0.15, -0.1) is 0 Å². The lowest BCUT2D eigenvalue weighted by atomic mass is 9.74. The SMILES string of the molecule is CC(C)=CC(C)(C)C1(C)CC1c1nccn2c(N3CCCC3)c(CCC(N)=C(C)C)nc12.CC1=C(CCc2ccc3nc(C)cc(Cl)c3n2)NC(c2cccnc2C)N1. The Bertz CT molecular complexity index is 2450. The Balaban J connectivity index is 0.000000181. The smallest absolute Gasteiger partial charge is 0.160 e. The molecule has 7 heterocycles. The zero-order valence-electron chi connectivity index (χ0n) is 36.8. The number of nitrogens with zero attached hydrogens (tertiary/aromatic N) is 7. The highest BCUT2D eigenvalue weighted by molar-refractivity contribution is 6.34. The molecule has 11 heteroatoms. The number of nitrogens with one attached hydrogen (secondary N) is 2. The van der Waals surface area contributed by atoms with E-state index in [0.29, 0.717) is 10.9 Å². The van der Waals surface area contributed by atoms with Gasteiger partial charge in [0.15, 0.2) is 5.65 Å². The molecule has 0 spiro atoms. The third-order valence-electron chi connectivity index (χ3n) is 12.9. The van der Waals surface area contributed by atoms with Crippen LogP contribution in [0, 0.1) is 24.7 Å². The minimum atomic E-state index is 0.0693. The number of rotatable bonds is 11. The summed E-state index contributed by atoms with van der Waals surface area (Å²) in [5.41, 5.74) is 21.6. The molecule has 0 aromatic carbocycles. The first-order valence-electron chi connectivity index (χ1n) is 21.3. The van der Waals surface area contributed by atoms with Gasteiger partial charge in [-0.2, -0.15) is 0 Å². The van der Waals surface area contributed by atoms with Gasteiger partial charge in [0.2, 0.25) is 0 Å². The maximum absolute atomic E-state index is 6.35. The molecule has 8 rings (SSSR count). The summed E-state index contributed by atoms with van der Waals surface area (Å²) in [7, 11) is 0. The Morgan fingerprint density at radius 1 is 0.966 bits per heavy atom. The van der Waals surface area contributed by atoms with Gasteiger partial charge in [-0.1, -0.05) is 55.7 Å². The molecule has 0 radical (unpaired) electrons. The van der Waals surface area contributed by atoms with Crippen molar-refractivity contribution >= 4 is 34.1 Å². The monoisotopic (exact) mass is 814 g/mol. The number of hydrogen-bond acceptors (Lipinski definition) is 9. The van der Waals surface area contributed by atoms with Crippen LogP contribution in [-0.2, 0) is 12.8 Å². The van der Waals surface area contributed by atoms with Gasteiger partial charge in [0, 0.05) is 77.3 Å². The second-order valence-electron chi connectivity index (χ2n) is 18.1. The molecule has 5 aromatic heterocycles. The van der Waals surface area contributed by atoms with Crippen LogP contribution in [0.4, 0.5) is 5.82 Å². The molecule has 0 bridgehead atoms. The van der Waals surface area contributed by atoms with Crippen LogP contribution in [0.3, 0.4) is 0 Å². The van der Waals surface area contributed by atoms with Crippen LogP contribution in [0.15, 0.2) is 83.2 Å². The third kappa shape index (κ3) is 8.84. The summed E-state index contributed by atoms with van der Waals surface area (Å²) < 4.78 is 2.31. The summed E-state index contributed by atoms with van der Waals surface area (Å²) in [5.74, 6) is 1.69. The highest BCUT2D eigenvalue weighted by Crippen LogP contribution is 2.68. The summed E-state index contributed by atoms with van der Waals surface area (Å²) in [6, 6.07) is 9.96. The Morgan fingerprint density at radius 2 is 1.73 bits per heavy atom. The van der Waals surface area contributed by atoms with Crippen molar-refractivity contribution in [2.45, 2.75) is 126 Å². The van der Waals surface area contributed by atoms with Gasteiger partial charge in [0.05, 0.1) is 21.9 Å². The van der Waals surface area contributed by atoms with E-state index in [0.717, 1.165) is 96.0 Å². The van der Waals surface area contributed by atoms with Crippen LogP contribution in [0.25, 0.3) is 16.7 Å². The maximum atomic E-state index is 6.35. The third-order valence-corrected chi connectivity index (χ3v) is 13.2. The number of halogens is 1. The Kier molecular flexibility index (Phi) is 12.1. The van der Waals surface area contributed by atoms with Crippen molar-refractivity contribution in [1.29, 1.82) is 0 Å². The van der Waals surface area contributed by atoms with Gasteiger partial charge in [0.1, 0.15) is 17.5 Å². The highest BCUT2D eigenvalue weighted by atomic mass is 35.5. The minimum Gasteiger partial charge on any atom is -0.402 e. The van der Waals surface area contributed by atoms with Gasteiger partial charge < -0.3 is 21.3 Å². The number of pyridine rings is 3. The molecule has 10 nitrogen and oxygen atoms in total. The molecule has 2 fully saturated rings. The highest BCUT2D eigenvalue weighted by Gasteiger charge is 2.60. The van der Waals surface area contributed by atoms with E-state index in [1.54, 1.807) is 0 Å². The Morgan fingerprint density at radius 3 is 2.44 bits per heavy atom. The van der Waals surface area contributed by atoms with Crippen LogP contribution in [0.2, 0.25) is 5.02 Å². The molecule has 3 unspecified atom stereocenters. The van der Waals surface area contributed by atoms with Gasteiger partial charge in [0.25, 0.3) is 0 Å². The van der Waals surface area contributed by atoms with Crippen LogP contribution >= 0.6 is 11.6 Å². The van der Waals surface area contributed by atoms with E-state index in [2.05, 4.69) is 104 Å². The second-order valence-corrected chi connectivity index (χ2v) is 18.6. The molecule has 0 amide bonds. The number of aromatic nitrogens is 6. The minimum absolute atomic E-state index is 0.0693. The van der Waals surface area contributed by atoms with Crippen molar-refractivity contribution in [3.63, 3.8) is 0 Å². The molecule has 1 aliphatic carbocycles. The number of anilines is 1.